The number of nitrogens with zero attached hydrogens (tertiary/aromatic N) is 2. The highest BCUT2D eigenvalue weighted by atomic mass is 35.5. The van der Waals surface area contributed by atoms with Crippen molar-refractivity contribution >= 4 is 35.5 Å². The summed E-state index contributed by atoms with van der Waals surface area (Å²) in [7, 11) is 1.57. The standard InChI is InChI=1S/C21H15ClN4O4/c1-30-16-7-5-12(6-8-16)18-13(9-17-19(27)23-21(29)24-20(17)28)11-26(25-18)15-4-2-3-14(22)10-15/h2-11H,1H3,(H2,23,24,27,28,29). The first-order valence-electron chi connectivity index (χ1n) is 8.83. The number of carbonyl (C=O) groups excluding carboxylic acids is 3. The van der Waals surface area contributed by atoms with Crippen molar-refractivity contribution < 1.29 is 19.1 Å². The summed E-state index contributed by atoms with van der Waals surface area (Å²) < 4.78 is 6.79. The molecule has 8 nitrogen and oxygen atoms in total. The van der Waals surface area contributed by atoms with Gasteiger partial charge in [-0.1, -0.05) is 17.7 Å². The quantitative estimate of drug-likeness (QED) is 0.497. The largest absolute Gasteiger partial charge is 0.497 e. The smallest absolute Gasteiger partial charge is 0.328 e. The normalized spacial score (nSPS) is 13.7. The van der Waals surface area contributed by atoms with Gasteiger partial charge >= 0.3 is 6.03 Å². The van der Waals surface area contributed by atoms with Crippen LogP contribution in [0.1, 0.15) is 5.56 Å². The van der Waals surface area contributed by atoms with E-state index in [1.54, 1.807) is 48.3 Å². The summed E-state index contributed by atoms with van der Waals surface area (Å²) in [6.07, 6.45) is 3.07. The lowest BCUT2D eigenvalue weighted by Gasteiger charge is -2.13. The lowest BCUT2D eigenvalue weighted by Crippen LogP contribution is -2.51. The molecule has 0 atom stereocenters. The third-order valence-electron chi connectivity index (χ3n) is 4.42. The molecule has 150 valence electrons. The van der Waals surface area contributed by atoms with E-state index < -0.39 is 17.8 Å². The van der Waals surface area contributed by atoms with Crippen molar-refractivity contribution in [3.8, 4) is 22.7 Å². The topological polar surface area (TPSA) is 102 Å². The van der Waals surface area contributed by atoms with Gasteiger partial charge in [0.05, 0.1) is 18.5 Å². The van der Waals surface area contributed by atoms with Gasteiger partial charge in [-0.15, -0.1) is 0 Å². The van der Waals surface area contributed by atoms with Crippen LogP contribution in [-0.2, 0) is 9.59 Å². The monoisotopic (exact) mass is 422 g/mol. The number of hydrogen-bond acceptors (Lipinski definition) is 5. The number of urea groups is 1. The summed E-state index contributed by atoms with van der Waals surface area (Å²) in [6.45, 7) is 0. The van der Waals surface area contributed by atoms with Gasteiger partial charge < -0.3 is 4.74 Å². The van der Waals surface area contributed by atoms with Gasteiger partial charge in [-0.05, 0) is 48.5 Å². The van der Waals surface area contributed by atoms with Crippen molar-refractivity contribution in [3.63, 3.8) is 0 Å². The molecule has 0 spiro atoms. The second-order valence-electron chi connectivity index (χ2n) is 6.38. The van der Waals surface area contributed by atoms with Crippen molar-refractivity contribution in [1.82, 2.24) is 20.4 Å². The van der Waals surface area contributed by atoms with E-state index in [1.807, 2.05) is 18.2 Å². The molecular formula is C21H15ClN4O4. The molecule has 1 aromatic heterocycles. The molecule has 9 heteroatoms. The number of benzene rings is 2. The SMILES string of the molecule is COc1ccc(-c2nn(-c3cccc(Cl)c3)cc2C=C2C(=O)NC(=O)NC2=O)cc1. The number of amides is 4. The maximum atomic E-state index is 12.1. The molecule has 1 aliphatic rings. The number of imide groups is 2. The summed E-state index contributed by atoms with van der Waals surface area (Å²) in [5, 5.41) is 9.28. The predicted molar refractivity (Wildman–Crippen MR) is 110 cm³/mol. The summed E-state index contributed by atoms with van der Waals surface area (Å²) in [4.78, 5) is 35.6. The molecule has 1 fully saturated rings. The van der Waals surface area contributed by atoms with Crippen molar-refractivity contribution in [2.24, 2.45) is 0 Å². The molecule has 1 aliphatic heterocycles. The van der Waals surface area contributed by atoms with Crippen molar-refractivity contribution in [3.05, 3.63) is 70.9 Å². The molecule has 2 heterocycles. The highest BCUT2D eigenvalue weighted by Crippen LogP contribution is 2.28. The van der Waals surface area contributed by atoms with E-state index in [0.29, 0.717) is 27.7 Å². The summed E-state index contributed by atoms with van der Waals surface area (Å²) in [5.74, 6) is -0.877. The Morgan fingerprint density at radius 1 is 1.03 bits per heavy atom. The van der Waals surface area contributed by atoms with E-state index in [2.05, 4.69) is 15.7 Å². The van der Waals surface area contributed by atoms with Crippen LogP contribution in [0.2, 0.25) is 5.02 Å². The number of rotatable bonds is 4. The summed E-state index contributed by atoms with van der Waals surface area (Å²) >= 11 is 6.09. The Hall–Kier alpha value is -3.91. The van der Waals surface area contributed by atoms with Crippen LogP contribution < -0.4 is 15.4 Å². The minimum absolute atomic E-state index is 0.199. The number of methoxy groups -OCH3 is 1. The van der Waals surface area contributed by atoms with E-state index >= 15 is 0 Å². The van der Waals surface area contributed by atoms with Crippen molar-refractivity contribution in [1.29, 1.82) is 0 Å². The van der Waals surface area contributed by atoms with Crippen LogP contribution in [0.15, 0.2) is 60.3 Å². The van der Waals surface area contributed by atoms with Crippen LogP contribution in [0.25, 0.3) is 23.0 Å². The highest BCUT2D eigenvalue weighted by Gasteiger charge is 2.28. The molecule has 2 aromatic carbocycles. The Kier molecular flexibility index (Phi) is 5.07. The molecule has 4 amide bonds. The molecule has 4 rings (SSSR count). The first-order valence-corrected chi connectivity index (χ1v) is 9.21. The third-order valence-corrected chi connectivity index (χ3v) is 4.66. The van der Waals surface area contributed by atoms with Gasteiger partial charge in [-0.2, -0.15) is 5.10 Å². The predicted octanol–water partition coefficient (Wildman–Crippen LogP) is 2.95. The molecular weight excluding hydrogens is 408 g/mol. The lowest BCUT2D eigenvalue weighted by molar-refractivity contribution is -0.123. The van der Waals surface area contributed by atoms with Crippen LogP contribution in [-0.4, -0.2) is 34.7 Å². The number of halogens is 1. The maximum absolute atomic E-state index is 12.1. The van der Waals surface area contributed by atoms with Crippen molar-refractivity contribution in [2.75, 3.05) is 7.11 Å². The fraction of sp³-hybridized carbons (Fsp3) is 0.0476. The average molecular weight is 423 g/mol. The second-order valence-corrected chi connectivity index (χ2v) is 6.82. The van der Waals surface area contributed by atoms with Crippen LogP contribution in [0.3, 0.4) is 0 Å². The second kappa shape index (κ2) is 7.84. The van der Waals surface area contributed by atoms with Crippen molar-refractivity contribution in [2.45, 2.75) is 0 Å². The Bertz CT molecular complexity index is 1180. The van der Waals surface area contributed by atoms with Crippen LogP contribution in [0.4, 0.5) is 4.79 Å². The average Bonchev–Trinajstić information content (AvgIpc) is 3.15. The number of hydrogen-bond donors (Lipinski definition) is 2. The Labute approximate surface area is 176 Å². The minimum atomic E-state index is -0.854. The van der Waals surface area contributed by atoms with Crippen LogP contribution in [0, 0.1) is 0 Å². The third kappa shape index (κ3) is 3.81. The maximum Gasteiger partial charge on any atom is 0.328 e. The minimum Gasteiger partial charge on any atom is -0.497 e. The fourth-order valence-electron chi connectivity index (χ4n) is 2.98. The molecule has 0 radical (unpaired) electrons. The number of ether oxygens (including phenoxy) is 1. The van der Waals surface area contributed by atoms with Crippen LogP contribution >= 0.6 is 11.6 Å². The molecule has 1 saturated heterocycles. The molecule has 0 bridgehead atoms. The number of barbiturate groups is 1. The van der Waals surface area contributed by atoms with Gasteiger partial charge in [0, 0.05) is 22.3 Å². The van der Waals surface area contributed by atoms with E-state index in [9.17, 15) is 14.4 Å². The molecule has 0 saturated carbocycles. The molecule has 0 aliphatic carbocycles. The zero-order chi connectivity index (χ0) is 21.3. The first kappa shape index (κ1) is 19.4. The van der Waals surface area contributed by atoms with Gasteiger partial charge in [0.2, 0.25) is 0 Å². The van der Waals surface area contributed by atoms with Gasteiger partial charge in [0.1, 0.15) is 11.3 Å². The van der Waals surface area contributed by atoms with Gasteiger partial charge in [-0.3, -0.25) is 20.2 Å². The Morgan fingerprint density at radius 3 is 2.37 bits per heavy atom. The number of nitrogens with one attached hydrogen (secondary N) is 2. The van der Waals surface area contributed by atoms with Crippen LogP contribution in [0.5, 0.6) is 5.75 Å². The van der Waals surface area contributed by atoms with Gasteiger partial charge in [-0.25, -0.2) is 9.48 Å². The molecule has 30 heavy (non-hydrogen) atoms. The molecule has 3 aromatic rings. The fourth-order valence-corrected chi connectivity index (χ4v) is 3.16. The Morgan fingerprint density at radius 2 is 1.73 bits per heavy atom. The summed E-state index contributed by atoms with van der Waals surface area (Å²) in [5.41, 5.74) is 2.29. The number of aromatic nitrogens is 2. The first-order chi connectivity index (χ1) is 14.4. The van der Waals surface area contributed by atoms with Gasteiger partial charge in [0.25, 0.3) is 11.8 Å². The number of carbonyl (C=O) groups is 3. The molecule has 0 unspecified atom stereocenters. The van der Waals surface area contributed by atoms with E-state index in [1.165, 1.54) is 6.08 Å². The van der Waals surface area contributed by atoms with E-state index in [4.69, 9.17) is 16.3 Å². The lowest BCUT2D eigenvalue weighted by atomic mass is 10.0. The van der Waals surface area contributed by atoms with E-state index in [0.717, 1.165) is 5.56 Å². The van der Waals surface area contributed by atoms with Gasteiger partial charge in [0.15, 0.2) is 0 Å². The Balaban J connectivity index is 1.85. The zero-order valence-electron chi connectivity index (χ0n) is 15.7. The zero-order valence-corrected chi connectivity index (χ0v) is 16.4. The molecule has 2 N–H and O–H groups in total. The summed E-state index contributed by atoms with van der Waals surface area (Å²) in [6, 6.07) is 13.4. The highest BCUT2D eigenvalue weighted by molar-refractivity contribution is 6.31. The van der Waals surface area contributed by atoms with E-state index in [-0.39, 0.29) is 5.57 Å².